The summed E-state index contributed by atoms with van der Waals surface area (Å²) in [7, 11) is 0. The average Bonchev–Trinajstić information content (AvgIpc) is 2.53. The Balaban J connectivity index is 2.88. The van der Waals surface area contributed by atoms with E-state index in [2.05, 4.69) is 10.6 Å². The number of aliphatic carboxylic acids is 1. The Morgan fingerprint density at radius 3 is 2.26 bits per heavy atom. The minimum Gasteiger partial charge on any atom is -0.480 e. The van der Waals surface area contributed by atoms with Crippen LogP contribution in [0.4, 0.5) is 9.80 Å². The van der Waals surface area contributed by atoms with E-state index in [9.17, 15) is 14.4 Å². The van der Waals surface area contributed by atoms with Gasteiger partial charge in [0.05, 0.1) is 5.56 Å². The molecule has 7 nitrogen and oxygen atoms in total. The molecule has 1 aromatic heterocycles. The summed E-state index contributed by atoms with van der Waals surface area (Å²) < 4.78 is 0. The van der Waals surface area contributed by atoms with Crippen LogP contribution in [0.5, 0.6) is 0 Å². The molecule has 4 N–H and O–H groups in total. The number of carboxylic acid groups (broad SMARTS) is 2. The van der Waals surface area contributed by atoms with Crippen LogP contribution >= 0.6 is 11.3 Å². The monoisotopic (exact) mass is 286 g/mol. The van der Waals surface area contributed by atoms with Crippen molar-refractivity contribution in [3.8, 4) is 0 Å². The third kappa shape index (κ3) is 3.44. The molecule has 1 unspecified atom stereocenters. The van der Waals surface area contributed by atoms with Crippen molar-refractivity contribution in [2.24, 2.45) is 0 Å². The van der Waals surface area contributed by atoms with Gasteiger partial charge in [-0.15, -0.1) is 11.3 Å². The maximum atomic E-state index is 11.6. The summed E-state index contributed by atoms with van der Waals surface area (Å²) in [6.07, 6.45) is 0. The summed E-state index contributed by atoms with van der Waals surface area (Å²) in [6, 6.07) is -1.81. The molecule has 0 aliphatic rings. The first-order chi connectivity index (χ1) is 8.73. The molecule has 0 radical (unpaired) electrons. The highest BCUT2D eigenvalue weighted by molar-refractivity contribution is 7.16. The molecule has 1 atom stereocenters. The number of amides is 2. The molecule has 0 aliphatic carbocycles. The van der Waals surface area contributed by atoms with Crippen LogP contribution in [-0.4, -0.2) is 34.2 Å². The van der Waals surface area contributed by atoms with Crippen LogP contribution in [0.25, 0.3) is 0 Å². The normalized spacial score (nSPS) is 11.7. The Labute approximate surface area is 113 Å². The molecule has 0 saturated heterocycles. The van der Waals surface area contributed by atoms with Gasteiger partial charge in [0.25, 0.3) is 0 Å². The van der Waals surface area contributed by atoms with Gasteiger partial charge in [-0.3, -0.25) is 10.1 Å². The lowest BCUT2D eigenvalue weighted by molar-refractivity contribution is -0.138. The maximum Gasteiger partial charge on any atom is 0.338 e. The van der Waals surface area contributed by atoms with E-state index < -0.39 is 24.0 Å². The molecule has 2 amide bonds. The van der Waals surface area contributed by atoms with E-state index in [0.29, 0.717) is 5.56 Å². The summed E-state index contributed by atoms with van der Waals surface area (Å²) in [4.78, 5) is 34.0. The van der Waals surface area contributed by atoms with Crippen LogP contribution in [0, 0.1) is 13.8 Å². The number of carbonyl (C=O) groups is 3. The smallest absolute Gasteiger partial charge is 0.338 e. The molecule has 19 heavy (non-hydrogen) atoms. The van der Waals surface area contributed by atoms with Crippen molar-refractivity contribution in [3.63, 3.8) is 0 Å². The molecular weight excluding hydrogens is 272 g/mol. The number of urea groups is 1. The first kappa shape index (κ1) is 15.0. The van der Waals surface area contributed by atoms with Crippen LogP contribution in [-0.2, 0) is 4.79 Å². The van der Waals surface area contributed by atoms with E-state index in [-0.39, 0.29) is 10.6 Å². The number of thiophene rings is 1. The van der Waals surface area contributed by atoms with Crippen molar-refractivity contribution in [1.29, 1.82) is 0 Å². The van der Waals surface area contributed by atoms with Crippen LogP contribution < -0.4 is 10.6 Å². The number of anilines is 1. The van der Waals surface area contributed by atoms with Gasteiger partial charge in [0.15, 0.2) is 0 Å². The van der Waals surface area contributed by atoms with Gasteiger partial charge in [0, 0.05) is 4.88 Å². The van der Waals surface area contributed by atoms with Crippen molar-refractivity contribution >= 4 is 34.3 Å². The number of hydrogen-bond donors (Lipinski definition) is 4. The van der Waals surface area contributed by atoms with E-state index in [1.165, 1.54) is 6.92 Å². The minimum absolute atomic E-state index is 0.0284. The second-order valence-corrected chi connectivity index (χ2v) is 5.18. The number of nitrogens with one attached hydrogen (secondary N) is 2. The van der Waals surface area contributed by atoms with Crippen molar-refractivity contribution in [1.82, 2.24) is 5.32 Å². The Kier molecular flexibility index (Phi) is 4.49. The number of carbonyl (C=O) groups excluding carboxylic acids is 1. The summed E-state index contributed by atoms with van der Waals surface area (Å²) in [5.41, 5.74) is 0.611. The Morgan fingerprint density at radius 2 is 1.79 bits per heavy atom. The van der Waals surface area contributed by atoms with Crippen LogP contribution in [0.3, 0.4) is 0 Å². The van der Waals surface area contributed by atoms with Gasteiger partial charge in [-0.05, 0) is 26.3 Å². The Hall–Kier alpha value is -2.09. The first-order valence-corrected chi connectivity index (χ1v) is 6.19. The van der Waals surface area contributed by atoms with E-state index >= 15 is 0 Å². The van der Waals surface area contributed by atoms with Gasteiger partial charge < -0.3 is 15.5 Å². The molecule has 0 bridgehead atoms. The SMILES string of the molecule is Cc1sc(NC(=O)NC(C)C(=O)O)c(C(=O)O)c1C. The molecule has 0 aromatic carbocycles. The number of aryl methyl sites for hydroxylation is 1. The zero-order chi connectivity index (χ0) is 14.7. The van der Waals surface area contributed by atoms with Crippen molar-refractivity contribution in [3.05, 3.63) is 16.0 Å². The molecule has 8 heteroatoms. The third-order valence-electron chi connectivity index (χ3n) is 2.54. The van der Waals surface area contributed by atoms with Gasteiger partial charge >= 0.3 is 18.0 Å². The number of hydrogen-bond acceptors (Lipinski definition) is 4. The molecule has 0 aliphatic heterocycles. The quantitative estimate of drug-likeness (QED) is 0.671. The lowest BCUT2D eigenvalue weighted by Gasteiger charge is -2.10. The Morgan fingerprint density at radius 1 is 1.21 bits per heavy atom. The maximum absolute atomic E-state index is 11.6. The van der Waals surface area contributed by atoms with E-state index in [0.717, 1.165) is 16.2 Å². The molecule has 104 valence electrons. The molecule has 1 heterocycles. The highest BCUT2D eigenvalue weighted by atomic mass is 32.1. The molecule has 0 spiro atoms. The summed E-state index contributed by atoms with van der Waals surface area (Å²) in [6.45, 7) is 4.71. The summed E-state index contributed by atoms with van der Waals surface area (Å²) in [5, 5.41) is 22.5. The largest absolute Gasteiger partial charge is 0.480 e. The second-order valence-electron chi connectivity index (χ2n) is 3.95. The van der Waals surface area contributed by atoms with Crippen LogP contribution in [0.1, 0.15) is 27.7 Å². The zero-order valence-corrected chi connectivity index (χ0v) is 11.4. The highest BCUT2D eigenvalue weighted by Gasteiger charge is 2.21. The molecular formula is C11H14N2O5S. The first-order valence-electron chi connectivity index (χ1n) is 5.37. The number of carboxylic acids is 2. The topological polar surface area (TPSA) is 116 Å². The van der Waals surface area contributed by atoms with E-state index in [4.69, 9.17) is 10.2 Å². The number of rotatable bonds is 4. The minimum atomic E-state index is -1.17. The summed E-state index contributed by atoms with van der Waals surface area (Å²) in [5.74, 6) is -2.31. The number of aromatic carboxylic acids is 1. The van der Waals surface area contributed by atoms with Gasteiger partial charge in [-0.2, -0.15) is 0 Å². The van der Waals surface area contributed by atoms with Crippen LogP contribution in [0.2, 0.25) is 0 Å². The fourth-order valence-corrected chi connectivity index (χ4v) is 2.42. The predicted octanol–water partition coefficient (Wildman–Crippen LogP) is 1.66. The third-order valence-corrected chi connectivity index (χ3v) is 3.67. The average molecular weight is 286 g/mol. The van der Waals surface area contributed by atoms with E-state index in [1.807, 2.05) is 0 Å². The van der Waals surface area contributed by atoms with Gasteiger partial charge in [-0.1, -0.05) is 0 Å². The van der Waals surface area contributed by atoms with Gasteiger partial charge in [0.2, 0.25) is 0 Å². The lowest BCUT2D eigenvalue weighted by atomic mass is 10.1. The summed E-state index contributed by atoms with van der Waals surface area (Å²) >= 11 is 1.13. The Bertz CT molecular complexity index is 537. The standard InChI is InChI=1S/C11H14N2O5S/c1-4-6(3)19-8(7(4)10(16)17)13-11(18)12-5(2)9(14)15/h5H,1-3H3,(H,14,15)(H,16,17)(H2,12,13,18). The van der Waals surface area contributed by atoms with Crippen LogP contribution in [0.15, 0.2) is 0 Å². The highest BCUT2D eigenvalue weighted by Crippen LogP contribution is 2.32. The van der Waals surface area contributed by atoms with Gasteiger partial charge in [-0.25, -0.2) is 9.59 Å². The molecule has 0 saturated carbocycles. The second kappa shape index (κ2) is 5.70. The van der Waals surface area contributed by atoms with Gasteiger partial charge in [0.1, 0.15) is 11.0 Å². The fourth-order valence-electron chi connectivity index (χ4n) is 1.37. The van der Waals surface area contributed by atoms with Crippen molar-refractivity contribution in [2.45, 2.75) is 26.8 Å². The predicted molar refractivity (Wildman–Crippen MR) is 70.0 cm³/mol. The van der Waals surface area contributed by atoms with Crippen molar-refractivity contribution < 1.29 is 24.6 Å². The molecule has 1 rings (SSSR count). The van der Waals surface area contributed by atoms with Crippen molar-refractivity contribution in [2.75, 3.05) is 5.32 Å². The zero-order valence-electron chi connectivity index (χ0n) is 10.6. The van der Waals surface area contributed by atoms with E-state index in [1.54, 1.807) is 13.8 Å². The fraction of sp³-hybridized carbons (Fsp3) is 0.364. The molecule has 0 fully saturated rings. The molecule has 1 aromatic rings. The lowest BCUT2D eigenvalue weighted by Crippen LogP contribution is -2.40.